The number of sulfonamides is 1. The van der Waals surface area contributed by atoms with E-state index in [1.807, 2.05) is 0 Å². The Morgan fingerprint density at radius 1 is 1.48 bits per heavy atom. The largest absolute Gasteiger partial charge is 0.477 e. The van der Waals surface area contributed by atoms with Crippen molar-refractivity contribution in [2.45, 2.75) is 24.3 Å². The Balaban J connectivity index is 2.36. The molecule has 0 radical (unpaired) electrons. The molecule has 21 heavy (non-hydrogen) atoms. The van der Waals surface area contributed by atoms with Crippen LogP contribution in [0.5, 0.6) is 5.75 Å². The summed E-state index contributed by atoms with van der Waals surface area (Å²) in [4.78, 5) is 11.9. The smallest absolute Gasteiger partial charge is 0.347 e. The van der Waals surface area contributed by atoms with E-state index < -0.39 is 22.1 Å². The van der Waals surface area contributed by atoms with Crippen LogP contribution < -0.4 is 4.74 Å². The molecule has 8 heteroatoms. The summed E-state index contributed by atoms with van der Waals surface area (Å²) < 4.78 is 36.5. The van der Waals surface area contributed by atoms with Gasteiger partial charge in [0.15, 0.2) is 6.10 Å². The predicted molar refractivity (Wildman–Crippen MR) is 79.8 cm³/mol. The van der Waals surface area contributed by atoms with E-state index in [1.165, 1.54) is 26.2 Å². The van der Waals surface area contributed by atoms with Gasteiger partial charge in [-0.05, 0) is 35.0 Å². The number of nitrogens with zero attached hydrogens (tertiary/aromatic N) is 1. The van der Waals surface area contributed by atoms with E-state index in [0.717, 1.165) is 4.31 Å². The van der Waals surface area contributed by atoms with E-state index >= 15 is 0 Å². The number of esters is 1. The highest BCUT2D eigenvalue weighted by Crippen LogP contribution is 2.38. The van der Waals surface area contributed by atoms with E-state index in [1.54, 1.807) is 6.92 Å². The Hall–Kier alpha value is -1.12. The summed E-state index contributed by atoms with van der Waals surface area (Å²) in [6.45, 7) is 1.99. The highest BCUT2D eigenvalue weighted by Gasteiger charge is 2.33. The molecule has 0 saturated heterocycles. The van der Waals surface area contributed by atoms with E-state index in [9.17, 15) is 13.2 Å². The second kappa shape index (κ2) is 5.94. The second-order valence-electron chi connectivity index (χ2n) is 4.74. The molecule has 0 aliphatic carbocycles. The Bertz CT molecular complexity index is 671. The van der Waals surface area contributed by atoms with Crippen molar-refractivity contribution in [2.75, 3.05) is 20.7 Å². The number of halogens is 1. The van der Waals surface area contributed by atoms with Crippen LogP contribution >= 0.6 is 15.9 Å². The molecule has 1 heterocycles. The summed E-state index contributed by atoms with van der Waals surface area (Å²) in [6.07, 6.45) is -0.433. The highest BCUT2D eigenvalue weighted by molar-refractivity contribution is 9.10. The Morgan fingerprint density at radius 2 is 2.14 bits per heavy atom. The van der Waals surface area contributed by atoms with Gasteiger partial charge in [0.2, 0.25) is 10.0 Å². The van der Waals surface area contributed by atoms with Crippen molar-refractivity contribution in [3.05, 3.63) is 22.2 Å². The van der Waals surface area contributed by atoms with Crippen molar-refractivity contribution in [3.8, 4) is 5.75 Å². The Morgan fingerprint density at radius 3 is 2.71 bits per heavy atom. The third-order valence-electron chi connectivity index (χ3n) is 3.09. The zero-order valence-electron chi connectivity index (χ0n) is 11.9. The molecule has 0 bridgehead atoms. The summed E-state index contributed by atoms with van der Waals surface area (Å²) in [5.41, 5.74) is 0.669. The molecular formula is C13H16BrNO5S. The number of hydrogen-bond acceptors (Lipinski definition) is 5. The zero-order chi connectivity index (χ0) is 15.8. The van der Waals surface area contributed by atoms with Crippen LogP contribution in [0.3, 0.4) is 0 Å². The molecule has 1 aromatic carbocycles. The minimum Gasteiger partial charge on any atom is -0.477 e. The average Bonchev–Trinajstić information content (AvgIpc) is 2.83. The number of hydrogen-bond donors (Lipinski definition) is 0. The molecule has 2 rings (SSSR count). The normalized spacial score (nSPS) is 17.5. The van der Waals surface area contributed by atoms with E-state index in [-0.39, 0.29) is 11.5 Å². The molecule has 6 nitrogen and oxygen atoms in total. The lowest BCUT2D eigenvalue weighted by atomic mass is 10.1. The molecule has 0 N–H and O–H groups in total. The molecule has 1 atom stereocenters. The maximum atomic E-state index is 12.2. The highest BCUT2D eigenvalue weighted by atomic mass is 79.9. The summed E-state index contributed by atoms with van der Waals surface area (Å²) in [5, 5.41) is 0. The average molecular weight is 378 g/mol. The van der Waals surface area contributed by atoms with Crippen molar-refractivity contribution in [1.29, 1.82) is 0 Å². The van der Waals surface area contributed by atoms with Crippen molar-refractivity contribution < 1.29 is 22.7 Å². The van der Waals surface area contributed by atoms with Crippen molar-refractivity contribution in [3.63, 3.8) is 0 Å². The van der Waals surface area contributed by atoms with Crippen LogP contribution in [0.15, 0.2) is 21.5 Å². The maximum Gasteiger partial charge on any atom is 0.347 e. The predicted octanol–water partition coefficient (Wildman–Crippen LogP) is 1.57. The third kappa shape index (κ3) is 3.07. The van der Waals surface area contributed by atoms with Crippen molar-refractivity contribution in [2.24, 2.45) is 0 Å². The van der Waals surface area contributed by atoms with Gasteiger partial charge < -0.3 is 9.47 Å². The van der Waals surface area contributed by atoms with Gasteiger partial charge in [-0.3, -0.25) is 0 Å². The molecular weight excluding hydrogens is 362 g/mol. The van der Waals surface area contributed by atoms with Gasteiger partial charge in [-0.2, -0.15) is 0 Å². The minimum atomic E-state index is -3.54. The fraction of sp³-hybridized carbons (Fsp3) is 0.462. The first-order valence-electron chi connectivity index (χ1n) is 6.35. The first kappa shape index (κ1) is 16.3. The van der Waals surface area contributed by atoms with Gasteiger partial charge in [0.05, 0.1) is 16.0 Å². The van der Waals surface area contributed by atoms with Crippen LogP contribution in [0.25, 0.3) is 0 Å². The lowest BCUT2D eigenvalue weighted by molar-refractivity contribution is -0.150. The molecule has 0 aromatic heterocycles. The third-order valence-corrected chi connectivity index (χ3v) is 5.47. The monoisotopic (exact) mass is 377 g/mol. The van der Waals surface area contributed by atoms with Crippen molar-refractivity contribution in [1.82, 2.24) is 4.31 Å². The summed E-state index contributed by atoms with van der Waals surface area (Å²) in [7, 11) is -0.604. The second-order valence-corrected chi connectivity index (χ2v) is 7.75. The molecule has 1 unspecified atom stereocenters. The van der Waals surface area contributed by atoms with Crippen molar-refractivity contribution >= 4 is 31.9 Å². The molecule has 116 valence electrons. The first-order chi connectivity index (χ1) is 9.77. The number of carbonyl (C=O) groups excluding carboxylic acids is 1. The van der Waals surface area contributed by atoms with Gasteiger partial charge in [0.25, 0.3) is 0 Å². The Labute approximate surface area is 132 Å². The van der Waals surface area contributed by atoms with Gasteiger partial charge in [-0.15, -0.1) is 0 Å². The summed E-state index contributed by atoms with van der Waals surface area (Å²) in [5.74, 6) is 0.0448. The number of fused-ring (bicyclic) bond motifs is 1. The molecule has 0 amide bonds. The van der Waals surface area contributed by atoms with Gasteiger partial charge in [-0.25, -0.2) is 17.5 Å². The Kier molecular flexibility index (Phi) is 4.60. The summed E-state index contributed by atoms with van der Waals surface area (Å²) >= 11 is 3.30. The van der Waals surface area contributed by atoms with Crippen LogP contribution in [-0.4, -0.2) is 45.5 Å². The lowest BCUT2D eigenvalue weighted by Gasteiger charge is -2.13. The molecule has 1 aliphatic heterocycles. The fourth-order valence-electron chi connectivity index (χ4n) is 2.02. The number of carbonyl (C=O) groups is 1. The van der Waals surface area contributed by atoms with Crippen LogP contribution in [-0.2, 0) is 26.0 Å². The quantitative estimate of drug-likeness (QED) is 0.744. The van der Waals surface area contributed by atoms with Gasteiger partial charge in [-0.1, -0.05) is 0 Å². The van der Waals surface area contributed by atoms with E-state index in [4.69, 9.17) is 9.47 Å². The first-order valence-corrected chi connectivity index (χ1v) is 8.59. The molecule has 0 spiro atoms. The van der Waals surface area contributed by atoms with E-state index in [2.05, 4.69) is 15.9 Å². The topological polar surface area (TPSA) is 72.9 Å². The van der Waals surface area contributed by atoms with Crippen LogP contribution in [0, 0.1) is 0 Å². The van der Waals surface area contributed by atoms with Crippen LogP contribution in [0.1, 0.15) is 12.5 Å². The van der Waals surface area contributed by atoms with Gasteiger partial charge in [0.1, 0.15) is 5.75 Å². The molecule has 0 saturated carbocycles. The van der Waals surface area contributed by atoms with Crippen LogP contribution in [0.4, 0.5) is 0 Å². The van der Waals surface area contributed by atoms with Crippen LogP contribution in [0.2, 0.25) is 0 Å². The van der Waals surface area contributed by atoms with E-state index in [0.29, 0.717) is 22.2 Å². The SMILES string of the molecule is CCOC(=O)C1Cc2cc(S(=O)(=O)N(C)C)cc(Br)c2O1. The number of ether oxygens (including phenoxy) is 2. The number of rotatable bonds is 4. The summed E-state index contributed by atoms with van der Waals surface area (Å²) in [6, 6.07) is 3.01. The zero-order valence-corrected chi connectivity index (χ0v) is 14.3. The molecule has 1 aliphatic rings. The lowest BCUT2D eigenvalue weighted by Crippen LogP contribution is -2.27. The number of benzene rings is 1. The fourth-order valence-corrected chi connectivity index (χ4v) is 3.74. The standard InChI is InChI=1S/C13H16BrNO5S/c1-4-19-13(16)11-6-8-5-9(21(17,18)15(2)3)7-10(14)12(8)20-11/h5,7,11H,4,6H2,1-3H3. The molecule has 1 aromatic rings. The maximum absolute atomic E-state index is 12.2. The molecule has 0 fully saturated rings. The van der Waals surface area contributed by atoms with Gasteiger partial charge >= 0.3 is 5.97 Å². The minimum absolute atomic E-state index is 0.159. The van der Waals surface area contributed by atoms with Gasteiger partial charge in [0, 0.05) is 26.1 Å².